The van der Waals surface area contributed by atoms with Gasteiger partial charge in [-0.1, -0.05) is 58.0 Å². The van der Waals surface area contributed by atoms with Crippen molar-refractivity contribution in [1.29, 1.82) is 0 Å². The average Bonchev–Trinajstić information content (AvgIpc) is 2.65. The number of esters is 1. The molecule has 1 aromatic carbocycles. The number of rotatable bonds is 3. The first-order chi connectivity index (χ1) is 10.4. The van der Waals surface area contributed by atoms with Crippen molar-refractivity contribution < 1.29 is 9.53 Å². The van der Waals surface area contributed by atoms with Crippen molar-refractivity contribution in [1.82, 2.24) is 0 Å². The Hall–Kier alpha value is -1.57. The third-order valence-corrected chi connectivity index (χ3v) is 6.76. The van der Waals surface area contributed by atoms with Gasteiger partial charge in [0.1, 0.15) is 6.10 Å². The summed E-state index contributed by atoms with van der Waals surface area (Å²) in [4.78, 5) is 12.2. The number of hydrogen-bond donors (Lipinski definition) is 0. The second kappa shape index (κ2) is 5.26. The monoisotopic (exact) mass is 298 g/mol. The maximum Gasteiger partial charge on any atom is 0.331 e. The Balaban J connectivity index is 1.67. The molecule has 0 heterocycles. The predicted molar refractivity (Wildman–Crippen MR) is 89.1 cm³/mol. The molecule has 0 radical (unpaired) electrons. The van der Waals surface area contributed by atoms with Crippen molar-refractivity contribution in [3.63, 3.8) is 0 Å². The molecular weight excluding hydrogens is 272 g/mol. The summed E-state index contributed by atoms with van der Waals surface area (Å²) in [7, 11) is 0. The molecule has 0 saturated heterocycles. The quantitative estimate of drug-likeness (QED) is 0.597. The van der Waals surface area contributed by atoms with Crippen LogP contribution >= 0.6 is 0 Å². The van der Waals surface area contributed by atoms with Crippen LogP contribution in [0.15, 0.2) is 36.4 Å². The molecule has 0 spiro atoms. The highest BCUT2D eigenvalue weighted by Gasteiger charge is 2.68. The number of carbonyl (C=O) groups is 1. The molecule has 2 heteroatoms. The lowest BCUT2D eigenvalue weighted by Gasteiger charge is -2.60. The number of carbonyl (C=O) groups excluding carboxylic acids is 1. The van der Waals surface area contributed by atoms with Crippen LogP contribution in [0.5, 0.6) is 0 Å². The van der Waals surface area contributed by atoms with E-state index in [9.17, 15) is 4.79 Å². The molecule has 2 saturated carbocycles. The third kappa shape index (κ3) is 2.12. The Morgan fingerprint density at radius 1 is 1.18 bits per heavy atom. The lowest BCUT2D eigenvalue weighted by molar-refractivity contribution is -0.176. The predicted octanol–water partition coefficient (Wildman–Crippen LogP) is 4.70. The Bertz CT molecular complexity index is 591. The second-order valence-electron chi connectivity index (χ2n) is 7.61. The molecule has 3 rings (SSSR count). The van der Waals surface area contributed by atoms with Gasteiger partial charge in [-0.15, -0.1) is 0 Å². The minimum absolute atomic E-state index is 0.0524. The number of ether oxygens (including phenoxy) is 1. The standard InChI is InChI=1S/C20H26O2/c1-14-12-17(19(3)13-15(2)20(14,19)4)22-18(21)11-10-16-8-6-5-7-9-16/h5-11,14-15,17H,12-13H2,1-4H3/b11-10+/t14?,15?,17?,19?,20-/m0/s1. The zero-order chi connectivity index (χ0) is 16.0. The Morgan fingerprint density at radius 2 is 1.86 bits per heavy atom. The molecule has 2 aliphatic carbocycles. The van der Waals surface area contributed by atoms with E-state index in [-0.39, 0.29) is 17.5 Å². The van der Waals surface area contributed by atoms with E-state index in [0.717, 1.165) is 24.3 Å². The molecule has 0 amide bonds. The van der Waals surface area contributed by atoms with Gasteiger partial charge in [0.2, 0.25) is 0 Å². The van der Waals surface area contributed by atoms with Gasteiger partial charge >= 0.3 is 5.97 Å². The van der Waals surface area contributed by atoms with Gasteiger partial charge in [0.05, 0.1) is 0 Å². The maximum atomic E-state index is 12.2. The maximum absolute atomic E-state index is 12.2. The first-order valence-corrected chi connectivity index (χ1v) is 8.31. The van der Waals surface area contributed by atoms with Crippen LogP contribution in [0.4, 0.5) is 0 Å². The smallest absolute Gasteiger partial charge is 0.331 e. The summed E-state index contributed by atoms with van der Waals surface area (Å²) in [6.45, 7) is 9.31. The third-order valence-electron chi connectivity index (χ3n) is 6.76. The summed E-state index contributed by atoms with van der Waals surface area (Å²) in [5.41, 5.74) is 1.47. The molecule has 2 fully saturated rings. The SMILES string of the molecule is CC1CC(OC(=O)/C=C/c2ccccc2)C2(C)CC(C)[C@]12C. The Morgan fingerprint density at radius 3 is 2.45 bits per heavy atom. The molecule has 2 aliphatic rings. The molecule has 4 unspecified atom stereocenters. The van der Waals surface area contributed by atoms with Gasteiger partial charge in [-0.05, 0) is 41.7 Å². The van der Waals surface area contributed by atoms with Crippen LogP contribution in [0.1, 0.15) is 46.1 Å². The van der Waals surface area contributed by atoms with Gasteiger partial charge in [-0.3, -0.25) is 0 Å². The van der Waals surface area contributed by atoms with Crippen LogP contribution in [0.2, 0.25) is 0 Å². The number of benzene rings is 1. The topological polar surface area (TPSA) is 26.3 Å². The first kappa shape index (κ1) is 15.3. The lowest BCUT2D eigenvalue weighted by Crippen LogP contribution is -2.57. The number of fused-ring (bicyclic) bond motifs is 1. The van der Waals surface area contributed by atoms with Crippen LogP contribution in [0.25, 0.3) is 6.08 Å². The fraction of sp³-hybridized carbons (Fsp3) is 0.550. The second-order valence-corrected chi connectivity index (χ2v) is 7.61. The minimum Gasteiger partial charge on any atom is -0.459 e. The molecule has 22 heavy (non-hydrogen) atoms. The molecular formula is C20H26O2. The summed E-state index contributed by atoms with van der Waals surface area (Å²) in [5.74, 6) is 1.11. The van der Waals surface area contributed by atoms with E-state index >= 15 is 0 Å². The van der Waals surface area contributed by atoms with E-state index in [0.29, 0.717) is 11.3 Å². The summed E-state index contributed by atoms with van der Waals surface area (Å²) >= 11 is 0. The highest BCUT2D eigenvalue weighted by Crippen LogP contribution is 2.71. The molecule has 0 aliphatic heterocycles. The summed E-state index contributed by atoms with van der Waals surface area (Å²) in [6.07, 6.45) is 5.58. The van der Waals surface area contributed by atoms with Gasteiger partial charge in [-0.25, -0.2) is 4.79 Å². The van der Waals surface area contributed by atoms with E-state index in [1.165, 1.54) is 0 Å². The van der Waals surface area contributed by atoms with Gasteiger partial charge in [0, 0.05) is 11.5 Å². The van der Waals surface area contributed by atoms with E-state index in [2.05, 4.69) is 27.7 Å². The summed E-state index contributed by atoms with van der Waals surface area (Å²) < 4.78 is 5.83. The largest absolute Gasteiger partial charge is 0.459 e. The van der Waals surface area contributed by atoms with E-state index < -0.39 is 0 Å². The molecule has 1 aromatic rings. The molecule has 5 atom stereocenters. The van der Waals surface area contributed by atoms with Crippen LogP contribution in [0.3, 0.4) is 0 Å². The van der Waals surface area contributed by atoms with Crippen molar-refractivity contribution in [3.05, 3.63) is 42.0 Å². The van der Waals surface area contributed by atoms with E-state index in [1.54, 1.807) is 6.08 Å². The minimum atomic E-state index is -0.217. The fourth-order valence-electron chi connectivity index (χ4n) is 4.94. The van der Waals surface area contributed by atoms with Crippen molar-refractivity contribution in [3.8, 4) is 0 Å². The van der Waals surface area contributed by atoms with Crippen LogP contribution in [-0.4, -0.2) is 12.1 Å². The number of hydrogen-bond acceptors (Lipinski definition) is 2. The first-order valence-electron chi connectivity index (χ1n) is 8.31. The molecule has 0 aromatic heterocycles. The zero-order valence-corrected chi connectivity index (χ0v) is 14.0. The van der Waals surface area contributed by atoms with Crippen molar-refractivity contribution >= 4 is 12.0 Å². The molecule has 0 N–H and O–H groups in total. The Labute approximate surface area is 133 Å². The summed E-state index contributed by atoms with van der Waals surface area (Å²) in [6, 6.07) is 9.85. The molecule has 0 bridgehead atoms. The van der Waals surface area contributed by atoms with Gasteiger partial charge in [0.15, 0.2) is 0 Å². The van der Waals surface area contributed by atoms with Gasteiger partial charge in [-0.2, -0.15) is 0 Å². The lowest BCUT2D eigenvalue weighted by atomic mass is 9.45. The van der Waals surface area contributed by atoms with Crippen LogP contribution < -0.4 is 0 Å². The summed E-state index contributed by atoms with van der Waals surface area (Å²) in [5, 5.41) is 0. The highest BCUT2D eigenvalue weighted by molar-refractivity contribution is 5.87. The van der Waals surface area contributed by atoms with E-state index in [1.807, 2.05) is 36.4 Å². The van der Waals surface area contributed by atoms with Crippen LogP contribution in [0, 0.1) is 22.7 Å². The van der Waals surface area contributed by atoms with E-state index in [4.69, 9.17) is 4.74 Å². The Kier molecular flexibility index (Phi) is 3.66. The molecule has 118 valence electrons. The zero-order valence-electron chi connectivity index (χ0n) is 14.0. The fourth-order valence-corrected chi connectivity index (χ4v) is 4.94. The van der Waals surface area contributed by atoms with Crippen LogP contribution in [-0.2, 0) is 9.53 Å². The molecule has 2 nitrogen and oxygen atoms in total. The average molecular weight is 298 g/mol. The van der Waals surface area contributed by atoms with Crippen molar-refractivity contribution in [2.45, 2.75) is 46.6 Å². The van der Waals surface area contributed by atoms with Crippen molar-refractivity contribution in [2.75, 3.05) is 0 Å². The van der Waals surface area contributed by atoms with Gasteiger partial charge < -0.3 is 4.74 Å². The highest BCUT2D eigenvalue weighted by atomic mass is 16.5. The normalized spacial score (nSPS) is 40.3. The van der Waals surface area contributed by atoms with Gasteiger partial charge in [0.25, 0.3) is 0 Å². The van der Waals surface area contributed by atoms with Crippen molar-refractivity contribution in [2.24, 2.45) is 22.7 Å².